The largest absolute Gasteiger partial charge is 0.225 e. The van der Waals surface area contributed by atoms with Crippen LogP contribution in [0.25, 0.3) is 0 Å². The van der Waals surface area contributed by atoms with Crippen LogP contribution in [0.3, 0.4) is 0 Å². The fourth-order valence-corrected chi connectivity index (χ4v) is 2.84. The molecule has 0 saturated carbocycles. The van der Waals surface area contributed by atoms with Crippen LogP contribution in [-0.4, -0.2) is 28.8 Å². The van der Waals surface area contributed by atoms with Crippen molar-refractivity contribution in [2.75, 3.05) is 12.0 Å². The standard InChI is InChI=1S/C11H14O4S2/c1-10-4-6-11(7-5-10)17(14,15)9-3-8-16(2,12)13/h3-8H,9H2,1-2H3/b8-3+. The van der Waals surface area contributed by atoms with E-state index in [0.29, 0.717) is 0 Å². The minimum absolute atomic E-state index is 0.196. The number of hydrogen-bond acceptors (Lipinski definition) is 4. The van der Waals surface area contributed by atoms with Gasteiger partial charge in [0.15, 0.2) is 19.7 Å². The van der Waals surface area contributed by atoms with E-state index in [-0.39, 0.29) is 10.6 Å². The van der Waals surface area contributed by atoms with E-state index in [1.807, 2.05) is 6.92 Å². The van der Waals surface area contributed by atoms with Crippen molar-refractivity contribution in [3.63, 3.8) is 0 Å². The Balaban J connectivity index is 2.90. The van der Waals surface area contributed by atoms with E-state index in [2.05, 4.69) is 0 Å². The summed E-state index contributed by atoms with van der Waals surface area (Å²) in [5.41, 5.74) is 0.968. The maximum atomic E-state index is 11.8. The molecule has 4 nitrogen and oxygen atoms in total. The highest BCUT2D eigenvalue weighted by molar-refractivity contribution is 7.93. The summed E-state index contributed by atoms with van der Waals surface area (Å²) < 4.78 is 45.2. The van der Waals surface area contributed by atoms with Crippen LogP contribution in [0.1, 0.15) is 5.56 Å². The van der Waals surface area contributed by atoms with Gasteiger partial charge in [-0.25, -0.2) is 16.8 Å². The molecule has 0 radical (unpaired) electrons. The third-order valence-corrected chi connectivity index (χ3v) is 4.35. The highest BCUT2D eigenvalue weighted by Crippen LogP contribution is 2.12. The first kappa shape index (κ1) is 13.9. The van der Waals surface area contributed by atoms with Gasteiger partial charge >= 0.3 is 0 Å². The van der Waals surface area contributed by atoms with Crippen molar-refractivity contribution in [2.24, 2.45) is 0 Å². The summed E-state index contributed by atoms with van der Waals surface area (Å²) >= 11 is 0. The maximum absolute atomic E-state index is 11.8. The normalized spacial score (nSPS) is 13.1. The molecule has 1 aromatic rings. The highest BCUT2D eigenvalue weighted by Gasteiger charge is 2.12. The molecule has 1 aromatic carbocycles. The Morgan fingerprint density at radius 3 is 2.06 bits per heavy atom. The van der Waals surface area contributed by atoms with Crippen LogP contribution in [0.5, 0.6) is 0 Å². The molecule has 0 bridgehead atoms. The predicted molar refractivity (Wildman–Crippen MR) is 67.2 cm³/mol. The topological polar surface area (TPSA) is 68.3 Å². The minimum Gasteiger partial charge on any atom is -0.225 e. The Hall–Kier alpha value is -1.14. The summed E-state index contributed by atoms with van der Waals surface area (Å²) in [6, 6.07) is 6.43. The first-order valence-electron chi connectivity index (χ1n) is 4.87. The molecule has 0 amide bonds. The molecule has 0 fully saturated rings. The highest BCUT2D eigenvalue weighted by atomic mass is 32.2. The molecular formula is C11H14O4S2. The molecule has 0 spiro atoms. The molecule has 0 N–H and O–H groups in total. The van der Waals surface area contributed by atoms with Gasteiger partial charge in [-0.1, -0.05) is 23.8 Å². The lowest BCUT2D eigenvalue weighted by atomic mass is 10.2. The van der Waals surface area contributed by atoms with E-state index in [9.17, 15) is 16.8 Å². The summed E-state index contributed by atoms with van der Waals surface area (Å²) in [6.45, 7) is 1.86. The van der Waals surface area contributed by atoms with Gasteiger partial charge in [-0.3, -0.25) is 0 Å². The molecule has 1 rings (SSSR count). The van der Waals surface area contributed by atoms with Crippen molar-refractivity contribution in [3.05, 3.63) is 41.3 Å². The quantitative estimate of drug-likeness (QED) is 0.830. The second-order valence-corrected chi connectivity index (χ2v) is 7.76. The molecule has 94 valence electrons. The van der Waals surface area contributed by atoms with Crippen LogP contribution in [0.15, 0.2) is 40.6 Å². The second-order valence-electron chi connectivity index (χ2n) is 3.80. The zero-order valence-electron chi connectivity index (χ0n) is 9.62. The van der Waals surface area contributed by atoms with Gasteiger partial charge in [0.05, 0.1) is 10.6 Å². The van der Waals surface area contributed by atoms with Crippen molar-refractivity contribution >= 4 is 19.7 Å². The molecule has 17 heavy (non-hydrogen) atoms. The molecule has 6 heteroatoms. The van der Waals surface area contributed by atoms with Gasteiger partial charge in [0, 0.05) is 11.7 Å². The van der Waals surface area contributed by atoms with Gasteiger partial charge < -0.3 is 0 Å². The summed E-state index contributed by atoms with van der Waals surface area (Å²) in [5, 5.41) is 0.902. The Bertz CT molecular complexity index is 608. The van der Waals surface area contributed by atoms with Crippen LogP contribution in [0, 0.1) is 6.92 Å². The predicted octanol–water partition coefficient (Wildman–Crippen LogP) is 1.33. The van der Waals surface area contributed by atoms with Crippen LogP contribution in [-0.2, 0) is 19.7 Å². The minimum atomic E-state index is -3.45. The number of sulfone groups is 2. The number of aryl methyl sites for hydroxylation is 1. The van der Waals surface area contributed by atoms with E-state index in [4.69, 9.17) is 0 Å². The molecule has 0 aliphatic rings. The lowest BCUT2D eigenvalue weighted by Crippen LogP contribution is -2.05. The molecule has 0 aliphatic heterocycles. The lowest BCUT2D eigenvalue weighted by Gasteiger charge is -2.01. The van der Waals surface area contributed by atoms with Gasteiger partial charge in [-0.05, 0) is 19.1 Å². The molecule has 0 unspecified atom stereocenters. The lowest BCUT2D eigenvalue weighted by molar-refractivity contribution is 0.599. The maximum Gasteiger partial charge on any atom is 0.181 e. The Kier molecular flexibility index (Phi) is 4.11. The number of hydrogen-bond donors (Lipinski definition) is 0. The monoisotopic (exact) mass is 274 g/mol. The average molecular weight is 274 g/mol. The summed E-state index contributed by atoms with van der Waals surface area (Å²) in [4.78, 5) is 0.196. The zero-order chi connectivity index (χ0) is 13.1. The van der Waals surface area contributed by atoms with Gasteiger partial charge in [-0.15, -0.1) is 0 Å². The summed E-state index contributed by atoms with van der Waals surface area (Å²) in [5.74, 6) is -0.316. The second kappa shape index (κ2) is 5.01. The van der Waals surface area contributed by atoms with Gasteiger partial charge in [0.1, 0.15) is 0 Å². The fraction of sp³-hybridized carbons (Fsp3) is 0.273. The molecule has 0 aliphatic carbocycles. The molecule has 0 saturated heterocycles. The Labute approximate surface area is 102 Å². The Morgan fingerprint density at radius 2 is 1.59 bits per heavy atom. The summed E-state index contributed by atoms with van der Waals surface area (Å²) in [6.07, 6.45) is 2.16. The fourth-order valence-electron chi connectivity index (χ4n) is 1.18. The Morgan fingerprint density at radius 1 is 1.06 bits per heavy atom. The van der Waals surface area contributed by atoms with Crippen molar-refractivity contribution in [1.29, 1.82) is 0 Å². The van der Waals surface area contributed by atoms with E-state index < -0.39 is 19.7 Å². The van der Waals surface area contributed by atoms with E-state index in [1.165, 1.54) is 12.1 Å². The van der Waals surface area contributed by atoms with E-state index in [1.54, 1.807) is 12.1 Å². The van der Waals surface area contributed by atoms with Crippen molar-refractivity contribution in [1.82, 2.24) is 0 Å². The van der Waals surface area contributed by atoms with E-state index >= 15 is 0 Å². The van der Waals surface area contributed by atoms with Crippen molar-refractivity contribution in [2.45, 2.75) is 11.8 Å². The van der Waals surface area contributed by atoms with Crippen LogP contribution < -0.4 is 0 Å². The first-order chi connectivity index (χ1) is 7.71. The molecule has 0 heterocycles. The zero-order valence-corrected chi connectivity index (χ0v) is 11.3. The average Bonchev–Trinajstić information content (AvgIpc) is 2.15. The summed E-state index contributed by atoms with van der Waals surface area (Å²) in [7, 11) is -6.73. The van der Waals surface area contributed by atoms with Gasteiger partial charge in [-0.2, -0.15) is 0 Å². The van der Waals surface area contributed by atoms with Crippen LogP contribution in [0.4, 0.5) is 0 Å². The molecule has 0 atom stereocenters. The first-order valence-corrected chi connectivity index (χ1v) is 8.47. The van der Waals surface area contributed by atoms with Gasteiger partial charge in [0.2, 0.25) is 0 Å². The third-order valence-electron chi connectivity index (χ3n) is 2.04. The molecular weight excluding hydrogens is 260 g/mol. The third kappa shape index (κ3) is 4.70. The smallest absolute Gasteiger partial charge is 0.181 e. The SMILES string of the molecule is Cc1ccc(S(=O)(=O)C/C=C/S(C)(=O)=O)cc1. The van der Waals surface area contributed by atoms with Crippen LogP contribution in [0.2, 0.25) is 0 Å². The van der Waals surface area contributed by atoms with Crippen molar-refractivity contribution in [3.8, 4) is 0 Å². The van der Waals surface area contributed by atoms with E-state index in [0.717, 1.165) is 23.3 Å². The van der Waals surface area contributed by atoms with Crippen molar-refractivity contribution < 1.29 is 16.8 Å². The number of benzene rings is 1. The molecule has 0 aromatic heterocycles. The number of rotatable bonds is 4. The van der Waals surface area contributed by atoms with Gasteiger partial charge in [0.25, 0.3) is 0 Å². The van der Waals surface area contributed by atoms with Crippen LogP contribution >= 0.6 is 0 Å².